The molecule has 0 spiro atoms. The molecule has 0 amide bonds. The molecule has 3 nitrogen and oxygen atoms in total. The first-order chi connectivity index (χ1) is 23.3. The zero-order chi connectivity index (χ0) is 30.9. The van der Waals surface area contributed by atoms with Crippen molar-refractivity contribution in [2.45, 2.75) is 0 Å². The van der Waals surface area contributed by atoms with Crippen LogP contribution in [0.15, 0.2) is 152 Å². The van der Waals surface area contributed by atoms with Gasteiger partial charge in [-0.1, -0.05) is 133 Å². The molecule has 4 heteroatoms. The highest BCUT2D eigenvalue weighted by atomic mass is 32.1. The fourth-order valence-corrected chi connectivity index (χ4v) is 8.21. The third kappa shape index (κ3) is 4.16. The summed E-state index contributed by atoms with van der Waals surface area (Å²) >= 11 is 1.80. The first kappa shape index (κ1) is 26.3. The SMILES string of the molecule is c1ccc(-c2nc(-c3ccc4ccc5c(ccc6c7ccccc7ccc65)c4c3)nc(-c3cccc4sc5ccccc5c34)n2)cc1. The molecule has 2 heterocycles. The fraction of sp³-hybridized carbons (Fsp3) is 0. The van der Waals surface area contributed by atoms with Crippen LogP contribution in [0.3, 0.4) is 0 Å². The van der Waals surface area contributed by atoms with Crippen LogP contribution < -0.4 is 0 Å². The number of rotatable bonds is 3. The molecule has 8 aromatic carbocycles. The average molecular weight is 616 g/mol. The molecule has 0 aliphatic heterocycles. The lowest BCUT2D eigenvalue weighted by molar-refractivity contribution is 1.08. The smallest absolute Gasteiger partial charge is 0.164 e. The number of hydrogen-bond acceptors (Lipinski definition) is 4. The van der Waals surface area contributed by atoms with Crippen molar-refractivity contribution in [3.8, 4) is 34.2 Å². The Hall–Kier alpha value is -5.97. The third-order valence-electron chi connectivity index (χ3n) is 9.31. The predicted molar refractivity (Wildman–Crippen MR) is 199 cm³/mol. The van der Waals surface area contributed by atoms with E-state index >= 15 is 0 Å². The van der Waals surface area contributed by atoms with Gasteiger partial charge in [-0.3, -0.25) is 0 Å². The van der Waals surface area contributed by atoms with Gasteiger partial charge < -0.3 is 0 Å². The molecule has 0 bridgehead atoms. The Morgan fingerprint density at radius 2 is 0.915 bits per heavy atom. The minimum absolute atomic E-state index is 0.663. The summed E-state index contributed by atoms with van der Waals surface area (Å²) in [5.74, 6) is 2.01. The predicted octanol–water partition coefficient (Wildman–Crippen LogP) is 11.9. The second-order valence-corrected chi connectivity index (χ2v) is 13.1. The summed E-state index contributed by atoms with van der Waals surface area (Å²) in [5.41, 5.74) is 2.95. The first-order valence-corrected chi connectivity index (χ1v) is 16.6. The number of benzene rings is 8. The topological polar surface area (TPSA) is 38.7 Å². The van der Waals surface area contributed by atoms with E-state index in [4.69, 9.17) is 15.0 Å². The van der Waals surface area contributed by atoms with Crippen LogP contribution >= 0.6 is 11.3 Å². The summed E-state index contributed by atoms with van der Waals surface area (Å²) in [4.78, 5) is 15.4. The maximum Gasteiger partial charge on any atom is 0.164 e. The van der Waals surface area contributed by atoms with Crippen LogP contribution in [0.1, 0.15) is 0 Å². The highest BCUT2D eigenvalue weighted by Crippen LogP contribution is 2.40. The summed E-state index contributed by atoms with van der Waals surface area (Å²) in [6.45, 7) is 0. The van der Waals surface area contributed by atoms with Gasteiger partial charge in [-0.25, -0.2) is 15.0 Å². The Kier molecular flexibility index (Phi) is 5.74. The number of aromatic nitrogens is 3. The summed E-state index contributed by atoms with van der Waals surface area (Å²) in [7, 11) is 0. The maximum absolute atomic E-state index is 5.19. The molecule has 10 aromatic rings. The molecule has 0 saturated carbocycles. The van der Waals surface area contributed by atoms with Gasteiger partial charge in [0, 0.05) is 36.9 Å². The molecule has 0 atom stereocenters. The molecule has 0 unspecified atom stereocenters. The van der Waals surface area contributed by atoms with Gasteiger partial charge in [-0.05, 0) is 61.3 Å². The van der Waals surface area contributed by atoms with E-state index in [1.54, 1.807) is 11.3 Å². The Morgan fingerprint density at radius 1 is 0.340 bits per heavy atom. The number of nitrogens with zero attached hydrogens (tertiary/aromatic N) is 3. The lowest BCUT2D eigenvalue weighted by Gasteiger charge is -2.12. The summed E-state index contributed by atoms with van der Waals surface area (Å²) in [5, 5.41) is 12.3. The Labute approximate surface area is 274 Å². The van der Waals surface area contributed by atoms with E-state index < -0.39 is 0 Å². The summed E-state index contributed by atoms with van der Waals surface area (Å²) < 4.78 is 2.48. The molecule has 2 aromatic heterocycles. The lowest BCUT2D eigenvalue weighted by Crippen LogP contribution is -2.00. The van der Waals surface area contributed by atoms with E-state index in [9.17, 15) is 0 Å². The van der Waals surface area contributed by atoms with Gasteiger partial charge >= 0.3 is 0 Å². The average Bonchev–Trinajstić information content (AvgIpc) is 3.53. The van der Waals surface area contributed by atoms with Gasteiger partial charge in [0.05, 0.1) is 0 Å². The van der Waals surface area contributed by atoms with Crippen molar-refractivity contribution in [2.24, 2.45) is 0 Å². The molecule has 10 rings (SSSR count). The Bertz CT molecular complexity index is 2850. The first-order valence-electron chi connectivity index (χ1n) is 15.8. The van der Waals surface area contributed by atoms with Gasteiger partial charge in [0.15, 0.2) is 17.5 Å². The van der Waals surface area contributed by atoms with Crippen LogP contribution in [0.5, 0.6) is 0 Å². The number of thiophene rings is 1. The van der Waals surface area contributed by atoms with Crippen LogP contribution in [0.2, 0.25) is 0 Å². The van der Waals surface area contributed by atoms with Gasteiger partial charge in [-0.15, -0.1) is 11.3 Å². The van der Waals surface area contributed by atoms with E-state index in [1.165, 1.54) is 63.3 Å². The second kappa shape index (κ2) is 10.3. The van der Waals surface area contributed by atoms with E-state index in [2.05, 4.69) is 133 Å². The van der Waals surface area contributed by atoms with Crippen molar-refractivity contribution in [2.75, 3.05) is 0 Å². The van der Waals surface area contributed by atoms with Gasteiger partial charge in [0.1, 0.15) is 0 Å². The van der Waals surface area contributed by atoms with Crippen molar-refractivity contribution in [3.63, 3.8) is 0 Å². The molecule has 0 aliphatic carbocycles. The summed E-state index contributed by atoms with van der Waals surface area (Å²) in [6, 6.07) is 53.9. The largest absolute Gasteiger partial charge is 0.208 e. The van der Waals surface area contributed by atoms with Crippen LogP contribution in [0, 0.1) is 0 Å². The fourth-order valence-electron chi connectivity index (χ4n) is 7.08. The Balaban J connectivity index is 1.22. The van der Waals surface area contributed by atoms with E-state index in [0.29, 0.717) is 17.5 Å². The van der Waals surface area contributed by atoms with Crippen LogP contribution in [0.25, 0.3) is 97.4 Å². The molecule has 0 fully saturated rings. The standard InChI is InChI=1S/C43H25N3S/c1-2-10-28(11-3-1)41-44-42(46-43(45-41)36-14-8-16-39-40(36)35-13-6-7-15-38(35)47-39)29-18-17-27-20-22-33-32-21-19-26-9-4-5-12-30(26)31(32)23-24-34(33)37(27)25-29/h1-25H. The molecular formula is C43H25N3S. The van der Waals surface area contributed by atoms with Crippen molar-refractivity contribution in [1.82, 2.24) is 15.0 Å². The lowest BCUT2D eigenvalue weighted by atomic mass is 9.93. The Morgan fingerprint density at radius 3 is 1.74 bits per heavy atom. The van der Waals surface area contributed by atoms with Crippen molar-refractivity contribution < 1.29 is 0 Å². The molecule has 218 valence electrons. The van der Waals surface area contributed by atoms with E-state index in [0.717, 1.165) is 16.7 Å². The minimum atomic E-state index is 0.663. The maximum atomic E-state index is 5.19. The molecule has 0 radical (unpaired) electrons. The van der Waals surface area contributed by atoms with E-state index in [-0.39, 0.29) is 0 Å². The van der Waals surface area contributed by atoms with Crippen molar-refractivity contribution in [1.29, 1.82) is 0 Å². The highest BCUT2D eigenvalue weighted by molar-refractivity contribution is 7.25. The molecule has 0 aliphatic rings. The normalized spacial score (nSPS) is 11.8. The molecule has 47 heavy (non-hydrogen) atoms. The second-order valence-electron chi connectivity index (χ2n) is 12.0. The minimum Gasteiger partial charge on any atom is -0.208 e. The molecule has 0 N–H and O–H groups in total. The third-order valence-corrected chi connectivity index (χ3v) is 10.4. The number of hydrogen-bond donors (Lipinski definition) is 0. The van der Waals surface area contributed by atoms with Gasteiger partial charge in [-0.2, -0.15) is 0 Å². The molecular weight excluding hydrogens is 591 g/mol. The van der Waals surface area contributed by atoms with Gasteiger partial charge in [0.2, 0.25) is 0 Å². The zero-order valence-electron chi connectivity index (χ0n) is 25.2. The zero-order valence-corrected chi connectivity index (χ0v) is 26.0. The number of fused-ring (bicyclic) bond motifs is 10. The van der Waals surface area contributed by atoms with Crippen LogP contribution in [0.4, 0.5) is 0 Å². The van der Waals surface area contributed by atoms with Crippen LogP contribution in [-0.4, -0.2) is 15.0 Å². The highest BCUT2D eigenvalue weighted by Gasteiger charge is 2.17. The van der Waals surface area contributed by atoms with Gasteiger partial charge in [0.25, 0.3) is 0 Å². The van der Waals surface area contributed by atoms with Crippen molar-refractivity contribution >= 4 is 74.6 Å². The quantitative estimate of drug-likeness (QED) is 0.186. The monoisotopic (exact) mass is 615 g/mol. The van der Waals surface area contributed by atoms with Crippen molar-refractivity contribution in [3.05, 3.63) is 152 Å². The molecule has 0 saturated heterocycles. The van der Waals surface area contributed by atoms with E-state index in [1.807, 2.05) is 18.2 Å². The summed E-state index contributed by atoms with van der Waals surface area (Å²) in [6.07, 6.45) is 0. The van der Waals surface area contributed by atoms with Crippen LogP contribution in [-0.2, 0) is 0 Å².